The van der Waals surface area contributed by atoms with E-state index >= 15 is 0 Å². The van der Waals surface area contributed by atoms with Crippen molar-refractivity contribution in [3.8, 4) is 11.5 Å². The highest BCUT2D eigenvalue weighted by molar-refractivity contribution is 6.32. The summed E-state index contributed by atoms with van der Waals surface area (Å²) in [6.07, 6.45) is 2.08. The van der Waals surface area contributed by atoms with Crippen LogP contribution in [0, 0.1) is 0 Å². The Morgan fingerprint density at radius 1 is 1.43 bits per heavy atom. The smallest absolute Gasteiger partial charge is 0.261 e. The minimum Gasteiger partial charge on any atom is -0.493 e. The summed E-state index contributed by atoms with van der Waals surface area (Å²) in [6, 6.07) is 3.69. The molecule has 0 radical (unpaired) electrons. The molecule has 6 heteroatoms. The zero-order chi connectivity index (χ0) is 15.2. The molecule has 1 aromatic carbocycles. The summed E-state index contributed by atoms with van der Waals surface area (Å²) in [5.74, 6) is 0.885. The molecular formula is C15H21ClN2O3. The van der Waals surface area contributed by atoms with Crippen molar-refractivity contribution in [2.24, 2.45) is 0 Å². The lowest BCUT2D eigenvalue weighted by molar-refractivity contribution is -0.127. The number of carbonyl (C=O) groups excluding carboxylic acids is 1. The first-order valence-corrected chi connectivity index (χ1v) is 7.49. The predicted molar refractivity (Wildman–Crippen MR) is 82.0 cm³/mol. The number of methoxy groups -OCH3 is 1. The molecule has 1 amide bonds. The Morgan fingerprint density at radius 2 is 2.24 bits per heavy atom. The van der Waals surface area contributed by atoms with Crippen molar-refractivity contribution in [1.29, 1.82) is 0 Å². The molecule has 1 heterocycles. The second kappa shape index (κ2) is 7.52. The molecule has 1 aliphatic heterocycles. The molecule has 116 valence electrons. The Hall–Kier alpha value is -1.46. The van der Waals surface area contributed by atoms with Gasteiger partial charge in [0.2, 0.25) is 0 Å². The van der Waals surface area contributed by atoms with Gasteiger partial charge in [-0.1, -0.05) is 11.6 Å². The molecule has 1 fully saturated rings. The molecule has 2 N–H and O–H groups in total. The summed E-state index contributed by atoms with van der Waals surface area (Å²) < 4.78 is 11.2. The number of nitrogens with one attached hydrogen (secondary N) is 2. The topological polar surface area (TPSA) is 59.6 Å². The van der Waals surface area contributed by atoms with Crippen LogP contribution in [0.5, 0.6) is 11.5 Å². The van der Waals surface area contributed by atoms with E-state index in [1.807, 2.05) is 19.2 Å². The van der Waals surface area contributed by atoms with Gasteiger partial charge < -0.3 is 20.1 Å². The number of amides is 1. The van der Waals surface area contributed by atoms with Gasteiger partial charge in [0.25, 0.3) is 5.91 Å². The lowest BCUT2D eigenvalue weighted by atomic mass is 10.1. The van der Waals surface area contributed by atoms with Crippen LogP contribution in [0.15, 0.2) is 12.1 Å². The van der Waals surface area contributed by atoms with E-state index in [0.717, 1.165) is 18.4 Å². The van der Waals surface area contributed by atoms with Crippen LogP contribution in [-0.2, 0) is 11.3 Å². The number of rotatable bonds is 5. The fourth-order valence-corrected chi connectivity index (χ4v) is 2.64. The molecule has 1 atom stereocenters. The van der Waals surface area contributed by atoms with Crippen molar-refractivity contribution >= 4 is 17.5 Å². The van der Waals surface area contributed by atoms with Gasteiger partial charge in [-0.15, -0.1) is 0 Å². The minimum atomic E-state index is -0.519. The monoisotopic (exact) mass is 312 g/mol. The Morgan fingerprint density at radius 3 is 2.95 bits per heavy atom. The van der Waals surface area contributed by atoms with Gasteiger partial charge in [0.05, 0.1) is 12.1 Å². The molecule has 0 spiro atoms. The van der Waals surface area contributed by atoms with E-state index < -0.39 is 6.10 Å². The second-order valence-corrected chi connectivity index (χ2v) is 5.44. The lowest BCUT2D eigenvalue weighted by Crippen LogP contribution is -2.36. The number of hydrogen-bond acceptors (Lipinski definition) is 4. The third-order valence-electron chi connectivity index (χ3n) is 3.41. The summed E-state index contributed by atoms with van der Waals surface area (Å²) in [5.41, 5.74) is 0.997. The van der Waals surface area contributed by atoms with Gasteiger partial charge in [-0.25, -0.2) is 0 Å². The van der Waals surface area contributed by atoms with Crippen molar-refractivity contribution in [3.05, 3.63) is 22.7 Å². The number of hydrogen-bond donors (Lipinski definition) is 2. The molecule has 0 aliphatic carbocycles. The number of ether oxygens (including phenoxy) is 2. The van der Waals surface area contributed by atoms with Crippen LogP contribution in [0.25, 0.3) is 0 Å². The molecule has 0 aromatic heterocycles. The maximum atomic E-state index is 12.0. The highest BCUT2D eigenvalue weighted by Gasteiger charge is 2.25. The van der Waals surface area contributed by atoms with E-state index in [-0.39, 0.29) is 5.91 Å². The normalized spacial score (nSPS) is 18.8. The first kappa shape index (κ1) is 15.9. The molecule has 0 bridgehead atoms. The van der Waals surface area contributed by atoms with Crippen molar-refractivity contribution in [1.82, 2.24) is 10.6 Å². The predicted octanol–water partition coefficient (Wildman–Crippen LogP) is 2.12. The van der Waals surface area contributed by atoms with Gasteiger partial charge in [0.1, 0.15) is 0 Å². The third-order valence-corrected chi connectivity index (χ3v) is 3.70. The maximum Gasteiger partial charge on any atom is 0.261 e. The van der Waals surface area contributed by atoms with Crippen LogP contribution in [-0.4, -0.2) is 32.7 Å². The molecule has 1 unspecified atom stereocenters. The minimum absolute atomic E-state index is 0.0927. The van der Waals surface area contributed by atoms with Crippen LogP contribution in [0.1, 0.15) is 24.8 Å². The fraction of sp³-hybridized carbons (Fsp3) is 0.533. The Balaban J connectivity index is 2.23. The van der Waals surface area contributed by atoms with E-state index in [0.29, 0.717) is 36.0 Å². The molecule has 1 aromatic rings. The summed E-state index contributed by atoms with van der Waals surface area (Å²) >= 11 is 6.29. The summed E-state index contributed by atoms with van der Waals surface area (Å²) in [4.78, 5) is 12.0. The number of benzene rings is 1. The summed E-state index contributed by atoms with van der Waals surface area (Å²) in [7, 11) is 3.43. The van der Waals surface area contributed by atoms with Crippen molar-refractivity contribution in [2.75, 3.05) is 20.7 Å². The fourth-order valence-electron chi connectivity index (χ4n) is 2.36. The van der Waals surface area contributed by atoms with Crippen LogP contribution >= 0.6 is 11.6 Å². The quantitative estimate of drug-likeness (QED) is 0.874. The average Bonchev–Trinajstić information content (AvgIpc) is 2.66. The summed E-state index contributed by atoms with van der Waals surface area (Å²) in [6.45, 7) is 1.38. The first-order chi connectivity index (χ1) is 10.2. The zero-order valence-electron chi connectivity index (χ0n) is 12.4. The van der Waals surface area contributed by atoms with E-state index in [2.05, 4.69) is 10.6 Å². The highest BCUT2D eigenvalue weighted by atomic mass is 35.5. The zero-order valence-corrected chi connectivity index (χ0v) is 13.1. The molecule has 21 heavy (non-hydrogen) atoms. The van der Waals surface area contributed by atoms with Gasteiger partial charge in [-0.3, -0.25) is 4.79 Å². The van der Waals surface area contributed by atoms with E-state index in [1.54, 1.807) is 7.11 Å². The van der Waals surface area contributed by atoms with Crippen LogP contribution in [0.3, 0.4) is 0 Å². The van der Waals surface area contributed by atoms with Gasteiger partial charge in [0.15, 0.2) is 17.6 Å². The second-order valence-electron chi connectivity index (χ2n) is 5.03. The molecule has 5 nitrogen and oxygen atoms in total. The molecular weight excluding hydrogens is 292 g/mol. The standard InChI is InChI=1S/C15H21ClN2O3/c1-17-9-10-7-11(16)14(13(8-10)20-2)21-12-5-3-4-6-18-15(12)19/h7-8,12,17H,3-6,9H2,1-2H3,(H,18,19). The van der Waals surface area contributed by atoms with Crippen LogP contribution in [0.4, 0.5) is 0 Å². The lowest BCUT2D eigenvalue weighted by Gasteiger charge is -2.19. The Labute approximate surface area is 130 Å². The van der Waals surface area contributed by atoms with E-state index in [4.69, 9.17) is 21.1 Å². The largest absolute Gasteiger partial charge is 0.493 e. The number of halogens is 1. The molecule has 0 saturated carbocycles. The third kappa shape index (κ3) is 4.02. The highest BCUT2D eigenvalue weighted by Crippen LogP contribution is 2.37. The molecule has 1 aliphatic rings. The van der Waals surface area contributed by atoms with Gasteiger partial charge in [-0.05, 0) is 44.0 Å². The van der Waals surface area contributed by atoms with E-state index in [1.165, 1.54) is 0 Å². The molecule has 2 rings (SSSR count). The summed E-state index contributed by atoms with van der Waals surface area (Å²) in [5, 5.41) is 6.36. The average molecular weight is 313 g/mol. The van der Waals surface area contributed by atoms with E-state index in [9.17, 15) is 4.79 Å². The van der Waals surface area contributed by atoms with Gasteiger partial charge in [-0.2, -0.15) is 0 Å². The van der Waals surface area contributed by atoms with Crippen molar-refractivity contribution < 1.29 is 14.3 Å². The van der Waals surface area contributed by atoms with Gasteiger partial charge >= 0.3 is 0 Å². The molecule has 1 saturated heterocycles. The van der Waals surface area contributed by atoms with Crippen molar-refractivity contribution in [2.45, 2.75) is 31.9 Å². The first-order valence-electron chi connectivity index (χ1n) is 7.11. The SMILES string of the molecule is CNCc1cc(Cl)c(OC2CCCCNC2=O)c(OC)c1. The van der Waals surface area contributed by atoms with Crippen molar-refractivity contribution in [3.63, 3.8) is 0 Å². The maximum absolute atomic E-state index is 12.0. The van der Waals surface area contributed by atoms with Crippen LogP contribution < -0.4 is 20.1 Å². The van der Waals surface area contributed by atoms with Crippen LogP contribution in [0.2, 0.25) is 5.02 Å². The van der Waals surface area contributed by atoms with Gasteiger partial charge in [0, 0.05) is 13.1 Å². The Kier molecular flexibility index (Phi) is 5.70. The Bertz CT molecular complexity index is 508. The number of carbonyl (C=O) groups is 1.